The number of nitrogens with two attached hydrogens (primary N) is 1. The fraction of sp³-hybridized carbons (Fsp3) is 0.545. The number of nitrogen functional groups attached to an aromatic ring is 1. The predicted molar refractivity (Wildman–Crippen MR) is 74.0 cm³/mol. The van der Waals surface area contributed by atoms with E-state index in [2.05, 4.69) is 28.9 Å². The van der Waals surface area contributed by atoms with Crippen LogP contribution in [0.2, 0.25) is 0 Å². The van der Waals surface area contributed by atoms with Crippen LogP contribution in [-0.2, 0) is 0 Å². The van der Waals surface area contributed by atoms with E-state index in [0.29, 0.717) is 11.9 Å². The van der Waals surface area contributed by atoms with Gasteiger partial charge >= 0.3 is 0 Å². The van der Waals surface area contributed by atoms with E-state index in [4.69, 9.17) is 5.73 Å². The highest BCUT2D eigenvalue weighted by molar-refractivity contribution is 8.13. The molecule has 0 radical (unpaired) electrons. The third-order valence-electron chi connectivity index (χ3n) is 2.61. The van der Waals surface area contributed by atoms with Gasteiger partial charge in [0, 0.05) is 25.2 Å². The molecule has 0 atom stereocenters. The Morgan fingerprint density at radius 3 is 2.82 bits per heavy atom. The number of aromatic nitrogens is 2. The average Bonchev–Trinajstić information content (AvgIpc) is 2.72. The number of hydrogen-bond acceptors (Lipinski definition) is 5. The van der Waals surface area contributed by atoms with Crippen molar-refractivity contribution in [2.75, 3.05) is 18.5 Å². The number of thioether (sulfide) groups is 1. The van der Waals surface area contributed by atoms with Crippen LogP contribution in [0.3, 0.4) is 0 Å². The van der Waals surface area contributed by atoms with Gasteiger partial charge in [-0.1, -0.05) is 11.8 Å². The Morgan fingerprint density at radius 1 is 1.47 bits per heavy atom. The first-order chi connectivity index (χ1) is 8.11. The van der Waals surface area contributed by atoms with E-state index in [0.717, 1.165) is 29.4 Å². The molecule has 2 heterocycles. The van der Waals surface area contributed by atoms with Crippen LogP contribution in [0.15, 0.2) is 16.2 Å². The van der Waals surface area contributed by atoms with Crippen LogP contribution in [0.25, 0.3) is 0 Å². The summed E-state index contributed by atoms with van der Waals surface area (Å²) >= 11 is 1.56. The number of nitrogens with zero attached hydrogens (tertiary/aromatic N) is 4. The van der Waals surface area contributed by atoms with Crippen molar-refractivity contribution in [3.63, 3.8) is 0 Å². The molecule has 1 aromatic heterocycles. The third-order valence-corrected chi connectivity index (χ3v) is 3.19. The summed E-state index contributed by atoms with van der Waals surface area (Å²) in [7, 11) is 0. The maximum Gasteiger partial charge on any atom is 0.182 e. The lowest BCUT2D eigenvalue weighted by atomic mass is 10.1. The van der Waals surface area contributed by atoms with Gasteiger partial charge in [0.25, 0.3) is 0 Å². The molecular weight excluding hydrogens is 234 g/mol. The minimum atomic E-state index is 0.309. The summed E-state index contributed by atoms with van der Waals surface area (Å²) in [4.78, 5) is 8.82. The summed E-state index contributed by atoms with van der Waals surface area (Å²) < 4.78 is 1.87. The molecule has 2 N–H and O–H groups in total. The van der Waals surface area contributed by atoms with Crippen LogP contribution in [0.1, 0.15) is 31.9 Å². The van der Waals surface area contributed by atoms with Gasteiger partial charge in [-0.3, -0.25) is 9.67 Å². The number of anilines is 1. The van der Waals surface area contributed by atoms with Gasteiger partial charge in [-0.2, -0.15) is 5.10 Å². The maximum absolute atomic E-state index is 5.94. The van der Waals surface area contributed by atoms with Crippen molar-refractivity contribution in [2.24, 2.45) is 9.98 Å². The van der Waals surface area contributed by atoms with Gasteiger partial charge in [0.1, 0.15) is 0 Å². The number of rotatable bonds is 2. The van der Waals surface area contributed by atoms with E-state index >= 15 is 0 Å². The third kappa shape index (κ3) is 2.52. The van der Waals surface area contributed by atoms with Gasteiger partial charge < -0.3 is 5.73 Å². The van der Waals surface area contributed by atoms with Crippen molar-refractivity contribution in [1.29, 1.82) is 0 Å². The molecule has 0 saturated carbocycles. The van der Waals surface area contributed by atoms with E-state index in [1.807, 2.05) is 17.1 Å². The predicted octanol–water partition coefficient (Wildman–Crippen LogP) is 1.96. The fourth-order valence-electron chi connectivity index (χ4n) is 1.66. The first-order valence-corrected chi connectivity index (χ1v) is 6.85. The quantitative estimate of drug-likeness (QED) is 0.873. The first-order valence-electron chi connectivity index (χ1n) is 5.63. The molecular formula is C11H17N5S. The number of amidine groups is 1. The van der Waals surface area contributed by atoms with Gasteiger partial charge in [-0.15, -0.1) is 0 Å². The molecule has 1 aliphatic rings. The Labute approximate surface area is 105 Å². The molecule has 0 spiro atoms. The Morgan fingerprint density at radius 2 is 2.24 bits per heavy atom. The standard InChI is InChI=1S/C11H17N5S/c1-7(2)16-6-8(10(12)15-16)9-4-5-13-11(14-9)17-3/h6-7H,4-5H2,1-3H3,(H2,12,15). The van der Waals surface area contributed by atoms with Crippen molar-refractivity contribution in [2.45, 2.75) is 26.3 Å². The molecule has 17 heavy (non-hydrogen) atoms. The lowest BCUT2D eigenvalue weighted by molar-refractivity contribution is 0.534. The van der Waals surface area contributed by atoms with Crippen molar-refractivity contribution < 1.29 is 0 Å². The van der Waals surface area contributed by atoms with E-state index < -0.39 is 0 Å². The van der Waals surface area contributed by atoms with E-state index in [-0.39, 0.29) is 0 Å². The van der Waals surface area contributed by atoms with Gasteiger partial charge in [-0.05, 0) is 20.1 Å². The zero-order chi connectivity index (χ0) is 12.4. The largest absolute Gasteiger partial charge is 0.382 e. The summed E-state index contributed by atoms with van der Waals surface area (Å²) in [6.07, 6.45) is 4.78. The van der Waals surface area contributed by atoms with Crippen molar-refractivity contribution in [3.05, 3.63) is 11.8 Å². The SMILES string of the molecule is CSC1=NCCC(c2cn(C(C)C)nc2N)=N1. The van der Waals surface area contributed by atoms with Crippen molar-refractivity contribution >= 4 is 28.5 Å². The molecule has 1 aromatic rings. The normalized spacial score (nSPS) is 16.0. The fourth-order valence-corrected chi connectivity index (χ4v) is 2.08. The van der Waals surface area contributed by atoms with Crippen molar-refractivity contribution in [1.82, 2.24) is 9.78 Å². The van der Waals surface area contributed by atoms with E-state index in [1.54, 1.807) is 11.8 Å². The van der Waals surface area contributed by atoms with Gasteiger partial charge in [0.2, 0.25) is 0 Å². The topological polar surface area (TPSA) is 68.6 Å². The number of aliphatic imine (C=N–C) groups is 2. The highest BCUT2D eigenvalue weighted by Gasteiger charge is 2.16. The molecule has 0 saturated heterocycles. The van der Waals surface area contributed by atoms with Crippen LogP contribution in [0, 0.1) is 0 Å². The molecule has 0 aromatic carbocycles. The molecule has 92 valence electrons. The molecule has 0 bridgehead atoms. The Balaban J connectivity index is 2.34. The second kappa shape index (κ2) is 4.91. The number of hydrogen-bond donors (Lipinski definition) is 1. The summed E-state index contributed by atoms with van der Waals surface area (Å²) in [6, 6.07) is 0.309. The van der Waals surface area contributed by atoms with Crippen LogP contribution >= 0.6 is 11.8 Å². The minimum Gasteiger partial charge on any atom is -0.382 e. The Bertz CT molecular complexity index is 472. The average molecular weight is 251 g/mol. The molecule has 0 aliphatic carbocycles. The van der Waals surface area contributed by atoms with Gasteiger partial charge in [0.15, 0.2) is 11.0 Å². The summed E-state index contributed by atoms with van der Waals surface area (Å²) in [5.74, 6) is 0.555. The summed E-state index contributed by atoms with van der Waals surface area (Å²) in [5.41, 5.74) is 7.88. The molecule has 2 rings (SSSR count). The minimum absolute atomic E-state index is 0.309. The van der Waals surface area contributed by atoms with Crippen LogP contribution < -0.4 is 5.73 Å². The Kier molecular flexibility index (Phi) is 3.51. The monoisotopic (exact) mass is 251 g/mol. The molecule has 1 aliphatic heterocycles. The second-order valence-electron chi connectivity index (χ2n) is 4.18. The zero-order valence-electron chi connectivity index (χ0n) is 10.3. The van der Waals surface area contributed by atoms with Crippen LogP contribution in [-0.4, -0.2) is 33.5 Å². The molecule has 0 amide bonds. The summed E-state index contributed by atoms with van der Waals surface area (Å²) in [5, 5.41) is 5.13. The zero-order valence-corrected chi connectivity index (χ0v) is 11.2. The van der Waals surface area contributed by atoms with E-state index in [9.17, 15) is 0 Å². The molecule has 6 heteroatoms. The summed E-state index contributed by atoms with van der Waals surface area (Å²) in [6.45, 7) is 4.93. The Hall–Kier alpha value is -1.30. The van der Waals surface area contributed by atoms with Crippen molar-refractivity contribution in [3.8, 4) is 0 Å². The highest BCUT2D eigenvalue weighted by atomic mass is 32.2. The molecule has 0 unspecified atom stereocenters. The molecule has 5 nitrogen and oxygen atoms in total. The van der Waals surface area contributed by atoms with Gasteiger partial charge in [0.05, 0.1) is 11.3 Å². The lowest BCUT2D eigenvalue weighted by Crippen LogP contribution is -2.12. The maximum atomic E-state index is 5.94. The first kappa shape index (κ1) is 12.2. The van der Waals surface area contributed by atoms with Crippen LogP contribution in [0.4, 0.5) is 5.82 Å². The van der Waals surface area contributed by atoms with Gasteiger partial charge in [-0.25, -0.2) is 4.99 Å². The lowest BCUT2D eigenvalue weighted by Gasteiger charge is -2.09. The smallest absolute Gasteiger partial charge is 0.182 e. The molecule has 0 fully saturated rings. The van der Waals surface area contributed by atoms with E-state index in [1.165, 1.54) is 0 Å². The highest BCUT2D eigenvalue weighted by Crippen LogP contribution is 2.19. The second-order valence-corrected chi connectivity index (χ2v) is 4.95. The van der Waals surface area contributed by atoms with Crippen LogP contribution in [0.5, 0.6) is 0 Å².